The van der Waals surface area contributed by atoms with Crippen LogP contribution < -0.4 is 11.1 Å². The third-order valence-electron chi connectivity index (χ3n) is 4.10. The Bertz CT molecular complexity index is 422. The molecule has 1 aromatic carbocycles. The van der Waals surface area contributed by atoms with Crippen molar-refractivity contribution < 1.29 is 9.90 Å². The molecule has 1 aliphatic carbocycles. The van der Waals surface area contributed by atoms with E-state index in [-0.39, 0.29) is 17.1 Å². The van der Waals surface area contributed by atoms with Gasteiger partial charge in [-0.3, -0.25) is 4.79 Å². The molecule has 0 heterocycles. The summed E-state index contributed by atoms with van der Waals surface area (Å²) in [6.45, 7) is 1.27. The van der Waals surface area contributed by atoms with Crippen LogP contribution in [0.5, 0.6) is 5.75 Å². The fourth-order valence-corrected chi connectivity index (χ4v) is 2.74. The van der Waals surface area contributed by atoms with Crippen molar-refractivity contribution >= 4 is 5.91 Å². The van der Waals surface area contributed by atoms with Crippen LogP contribution in [-0.4, -0.2) is 24.1 Å². The maximum absolute atomic E-state index is 12.0. The second-order valence-electron chi connectivity index (χ2n) is 5.49. The molecule has 4 heteroatoms. The first-order valence-corrected chi connectivity index (χ1v) is 6.93. The Morgan fingerprint density at radius 1 is 1.21 bits per heavy atom. The summed E-state index contributed by atoms with van der Waals surface area (Å²) < 4.78 is 0. The molecule has 2 rings (SSSR count). The molecule has 0 unspecified atom stereocenters. The van der Waals surface area contributed by atoms with Gasteiger partial charge >= 0.3 is 0 Å². The van der Waals surface area contributed by atoms with Crippen LogP contribution in [0.1, 0.15) is 42.5 Å². The van der Waals surface area contributed by atoms with Crippen molar-refractivity contribution in [2.45, 2.75) is 32.1 Å². The highest BCUT2D eigenvalue weighted by Crippen LogP contribution is 2.34. The normalized spacial score (nSPS) is 17.9. The highest BCUT2D eigenvalue weighted by Gasteiger charge is 2.30. The van der Waals surface area contributed by atoms with E-state index in [0.29, 0.717) is 18.7 Å². The average Bonchev–Trinajstić information content (AvgIpc) is 2.46. The Labute approximate surface area is 114 Å². The lowest BCUT2D eigenvalue weighted by Crippen LogP contribution is -2.43. The quantitative estimate of drug-likeness (QED) is 0.777. The number of carbonyl (C=O) groups excluding carboxylic acids is 1. The predicted molar refractivity (Wildman–Crippen MR) is 75.0 cm³/mol. The SMILES string of the molecule is NCC1(CNC(=O)c2ccc(O)cc2)CCCCC1. The average molecular weight is 262 g/mol. The fourth-order valence-electron chi connectivity index (χ4n) is 2.74. The van der Waals surface area contributed by atoms with Crippen LogP contribution in [0.15, 0.2) is 24.3 Å². The van der Waals surface area contributed by atoms with E-state index in [9.17, 15) is 9.90 Å². The van der Waals surface area contributed by atoms with Crippen LogP contribution in [0, 0.1) is 5.41 Å². The number of rotatable bonds is 4. The monoisotopic (exact) mass is 262 g/mol. The summed E-state index contributed by atoms with van der Waals surface area (Å²) in [5.74, 6) is 0.0701. The highest BCUT2D eigenvalue weighted by atomic mass is 16.3. The molecule has 0 aromatic heterocycles. The summed E-state index contributed by atoms with van der Waals surface area (Å²) in [5.41, 5.74) is 6.54. The topological polar surface area (TPSA) is 75.3 Å². The van der Waals surface area contributed by atoms with Gasteiger partial charge in [-0.15, -0.1) is 0 Å². The van der Waals surface area contributed by atoms with Gasteiger partial charge in [0, 0.05) is 12.1 Å². The van der Waals surface area contributed by atoms with Crippen molar-refractivity contribution in [3.8, 4) is 5.75 Å². The smallest absolute Gasteiger partial charge is 0.251 e. The highest BCUT2D eigenvalue weighted by molar-refractivity contribution is 5.94. The van der Waals surface area contributed by atoms with Gasteiger partial charge in [0.2, 0.25) is 0 Å². The summed E-state index contributed by atoms with van der Waals surface area (Å²) in [6, 6.07) is 6.30. The van der Waals surface area contributed by atoms with E-state index in [1.807, 2.05) is 0 Å². The number of carbonyl (C=O) groups is 1. The van der Waals surface area contributed by atoms with Gasteiger partial charge in [-0.25, -0.2) is 0 Å². The van der Waals surface area contributed by atoms with Crippen molar-refractivity contribution in [1.82, 2.24) is 5.32 Å². The van der Waals surface area contributed by atoms with Crippen LogP contribution >= 0.6 is 0 Å². The largest absolute Gasteiger partial charge is 0.508 e. The second kappa shape index (κ2) is 6.06. The zero-order chi connectivity index (χ0) is 13.7. The van der Waals surface area contributed by atoms with Crippen LogP contribution in [0.4, 0.5) is 0 Å². The number of aromatic hydroxyl groups is 1. The lowest BCUT2D eigenvalue weighted by Gasteiger charge is -2.36. The molecule has 4 nitrogen and oxygen atoms in total. The molecule has 104 valence electrons. The Hall–Kier alpha value is -1.55. The third kappa shape index (κ3) is 3.47. The van der Waals surface area contributed by atoms with Gasteiger partial charge in [-0.1, -0.05) is 19.3 Å². The maximum atomic E-state index is 12.0. The lowest BCUT2D eigenvalue weighted by atomic mass is 9.74. The van der Waals surface area contributed by atoms with Crippen molar-refractivity contribution in [1.29, 1.82) is 0 Å². The number of nitrogens with one attached hydrogen (secondary N) is 1. The van der Waals surface area contributed by atoms with Gasteiger partial charge in [0.05, 0.1) is 0 Å². The maximum Gasteiger partial charge on any atom is 0.251 e. The summed E-state index contributed by atoms with van der Waals surface area (Å²) in [7, 11) is 0. The summed E-state index contributed by atoms with van der Waals surface area (Å²) in [5, 5.41) is 12.2. The first kappa shape index (κ1) is 13.9. The van der Waals surface area contributed by atoms with Gasteiger partial charge < -0.3 is 16.2 Å². The molecule has 0 saturated heterocycles. The number of phenols is 1. The number of hydrogen-bond donors (Lipinski definition) is 3. The zero-order valence-corrected chi connectivity index (χ0v) is 11.2. The number of hydrogen-bond acceptors (Lipinski definition) is 3. The molecule has 19 heavy (non-hydrogen) atoms. The molecule has 1 fully saturated rings. The molecule has 0 spiro atoms. The molecular weight excluding hydrogens is 240 g/mol. The van der Waals surface area contributed by atoms with Gasteiger partial charge in [0.25, 0.3) is 5.91 Å². The van der Waals surface area contributed by atoms with Crippen LogP contribution in [0.2, 0.25) is 0 Å². The Morgan fingerprint density at radius 3 is 2.42 bits per heavy atom. The van der Waals surface area contributed by atoms with Gasteiger partial charge in [-0.2, -0.15) is 0 Å². The van der Waals surface area contributed by atoms with E-state index in [1.165, 1.54) is 31.4 Å². The minimum Gasteiger partial charge on any atom is -0.508 e. The Balaban J connectivity index is 1.93. The number of benzene rings is 1. The molecule has 1 aromatic rings. The number of amides is 1. The molecule has 1 aliphatic rings. The van der Waals surface area contributed by atoms with Gasteiger partial charge in [0.15, 0.2) is 0 Å². The standard InChI is InChI=1S/C15H22N2O2/c16-10-15(8-2-1-3-9-15)11-17-14(19)12-4-6-13(18)7-5-12/h4-7,18H,1-3,8-11,16H2,(H,17,19). The van der Waals surface area contributed by atoms with E-state index in [0.717, 1.165) is 12.8 Å². The first-order chi connectivity index (χ1) is 9.15. The Morgan fingerprint density at radius 2 is 1.84 bits per heavy atom. The summed E-state index contributed by atoms with van der Waals surface area (Å²) >= 11 is 0. The minimum absolute atomic E-state index is 0.0742. The van der Waals surface area contributed by atoms with Crippen LogP contribution in [0.25, 0.3) is 0 Å². The van der Waals surface area contributed by atoms with E-state index < -0.39 is 0 Å². The number of phenolic OH excluding ortho intramolecular Hbond substituents is 1. The predicted octanol–water partition coefficient (Wildman–Crippen LogP) is 2.03. The van der Waals surface area contributed by atoms with Gasteiger partial charge in [0.1, 0.15) is 5.75 Å². The number of nitrogens with two attached hydrogens (primary N) is 1. The van der Waals surface area contributed by atoms with Crippen LogP contribution in [-0.2, 0) is 0 Å². The lowest BCUT2D eigenvalue weighted by molar-refractivity contribution is 0.0914. The van der Waals surface area contributed by atoms with E-state index >= 15 is 0 Å². The van der Waals surface area contributed by atoms with Crippen molar-refractivity contribution in [3.63, 3.8) is 0 Å². The molecule has 4 N–H and O–H groups in total. The van der Waals surface area contributed by atoms with E-state index in [2.05, 4.69) is 5.32 Å². The molecule has 0 aliphatic heterocycles. The van der Waals surface area contributed by atoms with Crippen molar-refractivity contribution in [2.24, 2.45) is 11.1 Å². The van der Waals surface area contributed by atoms with E-state index in [4.69, 9.17) is 5.73 Å². The molecule has 0 bridgehead atoms. The molecule has 1 amide bonds. The van der Waals surface area contributed by atoms with Crippen LogP contribution in [0.3, 0.4) is 0 Å². The molecule has 1 saturated carbocycles. The van der Waals surface area contributed by atoms with Gasteiger partial charge in [-0.05, 0) is 49.1 Å². The van der Waals surface area contributed by atoms with E-state index in [1.54, 1.807) is 12.1 Å². The fraction of sp³-hybridized carbons (Fsp3) is 0.533. The zero-order valence-electron chi connectivity index (χ0n) is 11.2. The minimum atomic E-state index is -0.0987. The van der Waals surface area contributed by atoms with Crippen molar-refractivity contribution in [3.05, 3.63) is 29.8 Å². The van der Waals surface area contributed by atoms with Crippen molar-refractivity contribution in [2.75, 3.05) is 13.1 Å². The summed E-state index contributed by atoms with van der Waals surface area (Å²) in [4.78, 5) is 12.0. The first-order valence-electron chi connectivity index (χ1n) is 6.93. The second-order valence-corrected chi connectivity index (χ2v) is 5.49. The third-order valence-corrected chi connectivity index (χ3v) is 4.10. The molecular formula is C15H22N2O2. The molecule has 0 atom stereocenters. The molecule has 0 radical (unpaired) electrons. The summed E-state index contributed by atoms with van der Waals surface area (Å²) in [6.07, 6.45) is 5.87. The Kier molecular flexibility index (Phi) is 4.43.